The lowest BCUT2D eigenvalue weighted by atomic mass is 10.4. The first-order valence-corrected chi connectivity index (χ1v) is 5.35. The summed E-state index contributed by atoms with van der Waals surface area (Å²) in [4.78, 5) is 4.35. The van der Waals surface area contributed by atoms with Crippen molar-refractivity contribution in [3.05, 3.63) is 16.1 Å². The van der Waals surface area contributed by atoms with Crippen LogP contribution in [0.15, 0.2) is 5.38 Å². The molecule has 0 atom stereocenters. The minimum absolute atomic E-state index is 0.632. The van der Waals surface area contributed by atoms with Crippen molar-refractivity contribution in [2.24, 2.45) is 0 Å². The summed E-state index contributed by atoms with van der Waals surface area (Å²) in [6.45, 7) is 0.632. The first-order chi connectivity index (χ1) is 5.36. The van der Waals surface area contributed by atoms with Gasteiger partial charge in [-0.2, -0.15) is 0 Å². The van der Waals surface area contributed by atoms with Crippen LogP contribution < -0.4 is 0 Å². The molecule has 0 aliphatic carbocycles. The summed E-state index contributed by atoms with van der Waals surface area (Å²) >= 11 is 5.02. The number of rotatable bonds is 4. The number of thiazole rings is 1. The maximum atomic E-state index is 4.96. The fourth-order valence-electron chi connectivity index (χ4n) is 0.750. The number of methoxy groups -OCH3 is 1. The standard InChI is InChI=1S/C7H10BrNOS/c1-10-4-7-9-6(2-3-8)5-11-7/h5H,2-4H2,1H3. The number of aromatic nitrogens is 1. The maximum absolute atomic E-state index is 4.96. The number of halogens is 1. The molecule has 0 aromatic carbocycles. The van der Waals surface area contributed by atoms with Gasteiger partial charge in [-0.05, 0) is 0 Å². The van der Waals surface area contributed by atoms with E-state index in [0.29, 0.717) is 6.61 Å². The summed E-state index contributed by atoms with van der Waals surface area (Å²) in [6, 6.07) is 0. The van der Waals surface area contributed by atoms with Crippen LogP contribution in [0.3, 0.4) is 0 Å². The van der Waals surface area contributed by atoms with Gasteiger partial charge in [-0.1, -0.05) is 15.9 Å². The lowest BCUT2D eigenvalue weighted by molar-refractivity contribution is 0.184. The average Bonchev–Trinajstić information content (AvgIpc) is 2.38. The van der Waals surface area contributed by atoms with Gasteiger partial charge in [0.25, 0.3) is 0 Å². The van der Waals surface area contributed by atoms with E-state index in [1.54, 1.807) is 18.4 Å². The Morgan fingerprint density at radius 2 is 2.55 bits per heavy atom. The minimum Gasteiger partial charge on any atom is -0.378 e. The Bertz CT molecular complexity index is 193. The molecule has 0 saturated carbocycles. The fraction of sp³-hybridized carbons (Fsp3) is 0.571. The first kappa shape index (κ1) is 9.16. The zero-order valence-corrected chi connectivity index (χ0v) is 8.74. The highest BCUT2D eigenvalue weighted by atomic mass is 79.9. The van der Waals surface area contributed by atoms with Gasteiger partial charge in [-0.3, -0.25) is 0 Å². The largest absolute Gasteiger partial charge is 0.378 e. The maximum Gasteiger partial charge on any atom is 0.119 e. The summed E-state index contributed by atoms with van der Waals surface area (Å²) < 4.78 is 4.96. The predicted molar refractivity (Wildman–Crippen MR) is 50.3 cm³/mol. The molecule has 0 bridgehead atoms. The number of aryl methyl sites for hydroxylation is 1. The second-order valence-electron chi connectivity index (χ2n) is 2.10. The van der Waals surface area contributed by atoms with Crippen LogP contribution in [0.2, 0.25) is 0 Å². The van der Waals surface area contributed by atoms with E-state index in [9.17, 15) is 0 Å². The molecule has 0 fully saturated rings. The smallest absolute Gasteiger partial charge is 0.119 e. The quantitative estimate of drug-likeness (QED) is 0.748. The summed E-state index contributed by atoms with van der Waals surface area (Å²) in [7, 11) is 1.69. The fourth-order valence-corrected chi connectivity index (χ4v) is 1.96. The van der Waals surface area contributed by atoms with E-state index >= 15 is 0 Å². The van der Waals surface area contributed by atoms with E-state index in [-0.39, 0.29) is 0 Å². The molecule has 11 heavy (non-hydrogen) atoms. The van der Waals surface area contributed by atoms with E-state index in [2.05, 4.69) is 26.3 Å². The molecular formula is C7H10BrNOS. The van der Waals surface area contributed by atoms with Gasteiger partial charge in [-0.15, -0.1) is 11.3 Å². The third-order valence-electron chi connectivity index (χ3n) is 1.22. The van der Waals surface area contributed by atoms with Crippen molar-refractivity contribution < 1.29 is 4.74 Å². The van der Waals surface area contributed by atoms with Crippen LogP contribution in [0.25, 0.3) is 0 Å². The molecule has 0 spiro atoms. The third kappa shape index (κ3) is 2.89. The Morgan fingerprint density at radius 3 is 3.18 bits per heavy atom. The number of nitrogens with zero attached hydrogens (tertiary/aromatic N) is 1. The highest BCUT2D eigenvalue weighted by Gasteiger charge is 1.99. The van der Waals surface area contributed by atoms with Crippen LogP contribution in [-0.4, -0.2) is 17.4 Å². The van der Waals surface area contributed by atoms with E-state index in [4.69, 9.17) is 4.74 Å². The Balaban J connectivity index is 2.51. The number of hydrogen-bond acceptors (Lipinski definition) is 3. The van der Waals surface area contributed by atoms with Crippen LogP contribution in [0, 0.1) is 0 Å². The number of hydrogen-bond donors (Lipinski definition) is 0. The molecule has 0 aliphatic heterocycles. The summed E-state index contributed by atoms with van der Waals surface area (Å²) in [5, 5.41) is 4.11. The van der Waals surface area contributed by atoms with Crippen molar-refractivity contribution >= 4 is 27.3 Å². The van der Waals surface area contributed by atoms with Crippen LogP contribution >= 0.6 is 27.3 Å². The second kappa shape index (κ2) is 4.85. The predicted octanol–water partition coefficient (Wildman–Crippen LogP) is 2.23. The van der Waals surface area contributed by atoms with Crippen LogP contribution in [0.5, 0.6) is 0 Å². The van der Waals surface area contributed by atoms with Crippen LogP contribution in [0.1, 0.15) is 10.7 Å². The van der Waals surface area contributed by atoms with Gasteiger partial charge in [-0.25, -0.2) is 4.98 Å². The van der Waals surface area contributed by atoms with Crippen molar-refractivity contribution in [1.29, 1.82) is 0 Å². The Labute approximate surface area is 78.7 Å². The number of alkyl halides is 1. The molecule has 1 aromatic rings. The van der Waals surface area contributed by atoms with Crippen molar-refractivity contribution in [2.75, 3.05) is 12.4 Å². The Morgan fingerprint density at radius 1 is 1.73 bits per heavy atom. The van der Waals surface area contributed by atoms with Gasteiger partial charge >= 0.3 is 0 Å². The molecule has 0 radical (unpaired) electrons. The summed E-state index contributed by atoms with van der Waals surface area (Å²) in [5.74, 6) is 0. The molecule has 1 aromatic heterocycles. The Kier molecular flexibility index (Phi) is 4.04. The highest BCUT2D eigenvalue weighted by Crippen LogP contribution is 2.11. The molecule has 4 heteroatoms. The number of ether oxygens (including phenoxy) is 1. The molecule has 1 heterocycles. The summed E-state index contributed by atoms with van der Waals surface area (Å²) in [6.07, 6.45) is 1.00. The lowest BCUT2D eigenvalue weighted by Gasteiger charge is -1.90. The topological polar surface area (TPSA) is 22.1 Å². The molecule has 0 unspecified atom stereocenters. The third-order valence-corrected chi connectivity index (χ3v) is 2.49. The molecular weight excluding hydrogens is 226 g/mol. The van der Waals surface area contributed by atoms with Gasteiger partial charge in [0.2, 0.25) is 0 Å². The molecule has 0 N–H and O–H groups in total. The molecule has 1 rings (SSSR count). The molecule has 0 aliphatic rings. The van der Waals surface area contributed by atoms with E-state index < -0.39 is 0 Å². The normalized spacial score (nSPS) is 10.4. The SMILES string of the molecule is COCc1nc(CCBr)cs1. The van der Waals surface area contributed by atoms with Crippen LogP contribution in [0.4, 0.5) is 0 Å². The van der Waals surface area contributed by atoms with Gasteiger partial charge in [0, 0.05) is 24.2 Å². The van der Waals surface area contributed by atoms with Crippen molar-refractivity contribution in [3.63, 3.8) is 0 Å². The van der Waals surface area contributed by atoms with Crippen molar-refractivity contribution in [1.82, 2.24) is 4.98 Å². The van der Waals surface area contributed by atoms with Gasteiger partial charge in [0.15, 0.2) is 0 Å². The molecule has 0 amide bonds. The summed E-state index contributed by atoms with van der Waals surface area (Å²) in [5.41, 5.74) is 1.15. The van der Waals surface area contributed by atoms with Crippen molar-refractivity contribution in [2.45, 2.75) is 13.0 Å². The van der Waals surface area contributed by atoms with E-state index in [1.807, 2.05) is 0 Å². The molecule has 0 saturated heterocycles. The molecule has 2 nitrogen and oxygen atoms in total. The average molecular weight is 236 g/mol. The Hall–Kier alpha value is 0.0700. The van der Waals surface area contributed by atoms with Gasteiger partial charge < -0.3 is 4.74 Å². The second-order valence-corrected chi connectivity index (χ2v) is 3.84. The van der Waals surface area contributed by atoms with Crippen molar-refractivity contribution in [3.8, 4) is 0 Å². The minimum atomic E-state index is 0.632. The van der Waals surface area contributed by atoms with E-state index in [1.165, 1.54) is 0 Å². The monoisotopic (exact) mass is 235 g/mol. The zero-order valence-electron chi connectivity index (χ0n) is 6.34. The lowest BCUT2D eigenvalue weighted by Crippen LogP contribution is -1.89. The molecule has 62 valence electrons. The zero-order chi connectivity index (χ0) is 8.10. The highest BCUT2D eigenvalue weighted by molar-refractivity contribution is 9.09. The van der Waals surface area contributed by atoms with Gasteiger partial charge in [0.1, 0.15) is 5.01 Å². The first-order valence-electron chi connectivity index (χ1n) is 3.35. The van der Waals surface area contributed by atoms with E-state index in [0.717, 1.165) is 22.5 Å². The van der Waals surface area contributed by atoms with Crippen LogP contribution in [-0.2, 0) is 17.8 Å². The van der Waals surface area contributed by atoms with Gasteiger partial charge in [0.05, 0.1) is 12.3 Å².